The summed E-state index contributed by atoms with van der Waals surface area (Å²) in [7, 11) is -2.17. The highest BCUT2D eigenvalue weighted by Gasteiger charge is 2.06. The average Bonchev–Trinajstić information content (AvgIpc) is 3.23. The lowest BCUT2D eigenvalue weighted by atomic mass is 10.0. The summed E-state index contributed by atoms with van der Waals surface area (Å²) in [6.07, 6.45) is 69.4. The zero-order valence-electron chi connectivity index (χ0n) is 40.7. The second-order valence-corrected chi connectivity index (χ2v) is 19.6. The Kier molecular flexibility index (Phi) is 54.2. The van der Waals surface area contributed by atoms with Crippen LogP contribution in [0.2, 0.25) is 0 Å². The number of allylic oxidation sites excluding steroid dienone is 2. The number of nitrogens with zero attached hydrogens (tertiary/aromatic N) is 1. The Morgan fingerprint density at radius 1 is 0.305 bits per heavy atom. The van der Waals surface area contributed by atoms with E-state index in [9.17, 15) is 0 Å². The molecule has 0 bridgehead atoms. The van der Waals surface area contributed by atoms with Crippen LogP contribution in [0.4, 0.5) is 0 Å². The smallest absolute Gasteiger partial charge is 0.327 e. The largest absolute Gasteiger partial charge is 0.328 e. The van der Waals surface area contributed by atoms with Crippen molar-refractivity contribution in [1.82, 2.24) is 4.90 Å². The highest BCUT2D eigenvalue weighted by atomic mass is 31.2. The van der Waals surface area contributed by atoms with E-state index in [1.165, 1.54) is 302 Å². The number of hydrogen-bond donors (Lipinski definition) is 2. The molecule has 0 heterocycles. The maximum Gasteiger partial charge on any atom is 0.327 e. The second-order valence-electron chi connectivity index (χ2n) is 18.8. The Morgan fingerprint density at radius 2 is 0.525 bits per heavy atom. The lowest BCUT2D eigenvalue weighted by molar-refractivity contribution is 0.248. The van der Waals surface area contributed by atoms with Gasteiger partial charge in [-0.25, -0.2) is 0 Å². The van der Waals surface area contributed by atoms with Crippen molar-refractivity contribution in [1.29, 1.82) is 0 Å². The van der Waals surface area contributed by atoms with Crippen molar-refractivity contribution in [2.24, 2.45) is 0 Å². The van der Waals surface area contributed by atoms with E-state index in [4.69, 9.17) is 14.3 Å². The van der Waals surface area contributed by atoms with Crippen LogP contribution in [0.5, 0.6) is 0 Å². The van der Waals surface area contributed by atoms with Crippen LogP contribution in [-0.2, 0) is 4.52 Å². The van der Waals surface area contributed by atoms with Crippen LogP contribution in [0.1, 0.15) is 309 Å². The molecule has 0 amide bonds. The molecule has 4 nitrogen and oxygen atoms in total. The van der Waals surface area contributed by atoms with Gasteiger partial charge < -0.3 is 19.2 Å². The number of unbranched alkanes of at least 4 members (excludes halogenated alkanes) is 42. The summed E-state index contributed by atoms with van der Waals surface area (Å²) < 4.78 is 4.82. The van der Waals surface area contributed by atoms with E-state index in [-0.39, 0.29) is 0 Å². The topological polar surface area (TPSA) is 52.9 Å². The summed E-state index contributed by atoms with van der Waals surface area (Å²) in [5.74, 6) is 0. The van der Waals surface area contributed by atoms with Gasteiger partial charge in [0.05, 0.1) is 6.61 Å². The molecule has 0 fully saturated rings. The zero-order chi connectivity index (χ0) is 42.6. The monoisotopic (exact) mass is 852 g/mol. The molecule has 0 saturated carbocycles. The van der Waals surface area contributed by atoms with E-state index >= 15 is 0 Å². The van der Waals surface area contributed by atoms with Gasteiger partial charge in [-0.2, -0.15) is 0 Å². The lowest BCUT2D eigenvalue weighted by Gasteiger charge is -2.22. The van der Waals surface area contributed by atoms with Crippen molar-refractivity contribution in [2.75, 3.05) is 26.2 Å². The summed E-state index contributed by atoms with van der Waals surface area (Å²) in [5, 5.41) is 0. The second kappa shape index (κ2) is 54.1. The number of rotatable bonds is 53. The third kappa shape index (κ3) is 54.1. The summed E-state index contributed by atoms with van der Waals surface area (Å²) >= 11 is 0. The lowest BCUT2D eigenvalue weighted by Crippen LogP contribution is -2.27. The zero-order valence-corrected chi connectivity index (χ0v) is 41.6. The first-order valence-corrected chi connectivity index (χ1v) is 28.5. The molecule has 0 aliphatic carbocycles. The molecule has 59 heavy (non-hydrogen) atoms. The third-order valence-corrected chi connectivity index (χ3v) is 13.3. The Morgan fingerprint density at radius 3 is 0.780 bits per heavy atom. The molecule has 0 rings (SSSR count). The van der Waals surface area contributed by atoms with Crippen molar-refractivity contribution in [3.05, 3.63) is 12.2 Å². The third-order valence-electron chi connectivity index (χ3n) is 12.9. The quantitative estimate of drug-likeness (QED) is 0.0364. The number of hydrogen-bond acceptors (Lipinski definition) is 4. The maximum absolute atomic E-state index is 8.76. The minimum atomic E-state index is -2.17. The van der Waals surface area contributed by atoms with Crippen LogP contribution in [0.15, 0.2) is 12.2 Å². The van der Waals surface area contributed by atoms with Gasteiger partial charge in [-0.05, 0) is 71.0 Å². The van der Waals surface area contributed by atoms with E-state index in [1.807, 2.05) is 0 Å². The van der Waals surface area contributed by atoms with Crippen LogP contribution in [-0.4, -0.2) is 40.9 Å². The maximum atomic E-state index is 8.76. The van der Waals surface area contributed by atoms with Crippen LogP contribution >= 0.6 is 8.60 Å². The van der Waals surface area contributed by atoms with E-state index in [2.05, 4.69) is 30.9 Å². The molecule has 0 aliphatic heterocycles. The molecular weight excluding hydrogens is 742 g/mol. The Labute approximate surface area is 374 Å². The van der Waals surface area contributed by atoms with Crippen molar-refractivity contribution in [3.8, 4) is 0 Å². The first-order valence-electron chi connectivity index (χ1n) is 27.4. The van der Waals surface area contributed by atoms with Gasteiger partial charge in [0.15, 0.2) is 0 Å². The molecule has 354 valence electrons. The molecule has 0 aromatic carbocycles. The van der Waals surface area contributed by atoms with Crippen LogP contribution in [0, 0.1) is 0 Å². The Balaban J connectivity index is 3.99. The van der Waals surface area contributed by atoms with E-state index in [1.54, 1.807) is 0 Å². The summed E-state index contributed by atoms with van der Waals surface area (Å²) in [6, 6.07) is 0. The SMILES string of the molecule is CCCCCCCCCCCCCCCCCCN(CCCCCCCC/C=C\CCCCCCCCOP(O)O)CCCCCCCCCCCCCCCCCC. The fraction of sp³-hybridized carbons (Fsp3) is 0.963. The molecule has 0 radical (unpaired) electrons. The molecule has 2 N–H and O–H groups in total. The normalized spacial score (nSPS) is 12.0. The van der Waals surface area contributed by atoms with Crippen LogP contribution in [0.25, 0.3) is 0 Å². The molecule has 0 aliphatic rings. The van der Waals surface area contributed by atoms with Gasteiger partial charge in [0.25, 0.3) is 0 Å². The average molecular weight is 852 g/mol. The van der Waals surface area contributed by atoms with Crippen molar-refractivity contribution in [3.63, 3.8) is 0 Å². The van der Waals surface area contributed by atoms with Gasteiger partial charge in [0.2, 0.25) is 0 Å². The predicted octanol–water partition coefficient (Wildman–Crippen LogP) is 19.1. The minimum Gasteiger partial charge on any atom is -0.328 e. The van der Waals surface area contributed by atoms with E-state index < -0.39 is 8.60 Å². The highest BCUT2D eigenvalue weighted by Crippen LogP contribution is 2.24. The van der Waals surface area contributed by atoms with Crippen molar-refractivity contribution >= 4 is 8.60 Å². The van der Waals surface area contributed by atoms with Crippen LogP contribution in [0.3, 0.4) is 0 Å². The fourth-order valence-electron chi connectivity index (χ4n) is 8.86. The van der Waals surface area contributed by atoms with Crippen LogP contribution < -0.4 is 0 Å². The molecule has 0 unspecified atom stereocenters. The Hall–Kier alpha value is 0.01000. The van der Waals surface area contributed by atoms with Gasteiger partial charge in [0, 0.05) is 0 Å². The standard InChI is InChI=1S/C54H110NO3P/c1-3-5-7-9-11-13-15-17-19-23-27-31-35-39-43-47-51-55(52-48-44-40-36-32-28-24-20-18-16-14-12-10-8-6-4-2)53-49-45-41-37-33-29-25-21-22-26-30-34-38-42-46-50-54-58-59(56)57/h21-22,56-57H,3-20,23-54H2,1-2H3/b22-21-. The van der Waals surface area contributed by atoms with Gasteiger partial charge in [-0.3, -0.25) is 0 Å². The first kappa shape index (κ1) is 59.0. The Bertz CT molecular complexity index is 728. The molecule has 0 spiro atoms. The molecule has 0 aromatic rings. The van der Waals surface area contributed by atoms with E-state index in [0.717, 1.165) is 12.8 Å². The molecule has 0 aromatic heterocycles. The van der Waals surface area contributed by atoms with Gasteiger partial charge in [-0.15, -0.1) is 0 Å². The van der Waals surface area contributed by atoms with E-state index in [0.29, 0.717) is 6.61 Å². The molecule has 0 saturated heterocycles. The summed E-state index contributed by atoms with van der Waals surface area (Å²) in [6.45, 7) is 9.12. The van der Waals surface area contributed by atoms with Gasteiger partial charge >= 0.3 is 8.60 Å². The van der Waals surface area contributed by atoms with Gasteiger partial charge in [-0.1, -0.05) is 270 Å². The first-order chi connectivity index (χ1) is 29.2. The summed E-state index contributed by atoms with van der Waals surface area (Å²) in [5.41, 5.74) is 0. The molecular formula is C54H110NO3P. The predicted molar refractivity (Wildman–Crippen MR) is 267 cm³/mol. The minimum absolute atomic E-state index is 0.472. The molecule has 5 heteroatoms. The van der Waals surface area contributed by atoms with Gasteiger partial charge in [0.1, 0.15) is 0 Å². The van der Waals surface area contributed by atoms with Crippen molar-refractivity contribution < 1.29 is 14.3 Å². The summed E-state index contributed by atoms with van der Waals surface area (Å²) in [4.78, 5) is 20.4. The molecule has 0 atom stereocenters. The highest BCUT2D eigenvalue weighted by molar-refractivity contribution is 7.39. The van der Waals surface area contributed by atoms with Crippen molar-refractivity contribution in [2.45, 2.75) is 309 Å². The fourth-order valence-corrected chi connectivity index (χ4v) is 9.15.